The van der Waals surface area contributed by atoms with Gasteiger partial charge in [0.25, 0.3) is 0 Å². The van der Waals surface area contributed by atoms with Crippen molar-refractivity contribution in [3.63, 3.8) is 0 Å². The van der Waals surface area contributed by atoms with Crippen LogP contribution in [0.1, 0.15) is 36.5 Å². The van der Waals surface area contributed by atoms with E-state index in [1.165, 1.54) is 16.8 Å². The van der Waals surface area contributed by atoms with Gasteiger partial charge in [-0.25, -0.2) is 13.9 Å². The topological polar surface area (TPSA) is 67.7 Å². The van der Waals surface area contributed by atoms with E-state index in [-0.39, 0.29) is 35.6 Å². The van der Waals surface area contributed by atoms with Crippen LogP contribution in [0.2, 0.25) is 5.02 Å². The van der Waals surface area contributed by atoms with Gasteiger partial charge in [-0.05, 0) is 37.6 Å². The van der Waals surface area contributed by atoms with Crippen molar-refractivity contribution in [3.05, 3.63) is 46.5 Å². The predicted molar refractivity (Wildman–Crippen MR) is 112 cm³/mol. The molecule has 1 aromatic carbocycles. The van der Waals surface area contributed by atoms with Gasteiger partial charge >= 0.3 is 5.97 Å². The lowest BCUT2D eigenvalue weighted by atomic mass is 10.2. The van der Waals surface area contributed by atoms with Crippen molar-refractivity contribution in [2.45, 2.75) is 33.2 Å². The van der Waals surface area contributed by atoms with E-state index in [1.54, 1.807) is 24.0 Å². The molecule has 3 rings (SSSR count). The number of hydrogen-bond acceptors (Lipinski definition) is 5. The van der Waals surface area contributed by atoms with Crippen molar-refractivity contribution >= 4 is 29.2 Å². The first-order chi connectivity index (χ1) is 14.4. The number of anilines is 1. The van der Waals surface area contributed by atoms with Crippen molar-refractivity contribution in [2.75, 3.05) is 37.7 Å². The predicted octanol–water partition coefficient (Wildman–Crippen LogP) is 3.15. The number of esters is 1. The first-order valence-corrected chi connectivity index (χ1v) is 10.5. The monoisotopic (exact) mass is 436 g/mol. The summed E-state index contributed by atoms with van der Waals surface area (Å²) >= 11 is 6.36. The molecule has 0 N–H and O–H groups in total. The van der Waals surface area contributed by atoms with Crippen molar-refractivity contribution in [1.82, 2.24) is 14.7 Å². The van der Waals surface area contributed by atoms with Crippen LogP contribution < -0.4 is 4.90 Å². The van der Waals surface area contributed by atoms with E-state index in [4.69, 9.17) is 16.3 Å². The van der Waals surface area contributed by atoms with Crippen molar-refractivity contribution in [1.29, 1.82) is 0 Å². The van der Waals surface area contributed by atoms with Crippen molar-refractivity contribution in [2.24, 2.45) is 0 Å². The molecule has 2 heterocycles. The lowest BCUT2D eigenvalue weighted by Crippen LogP contribution is -2.49. The van der Waals surface area contributed by atoms with E-state index < -0.39 is 5.97 Å². The lowest BCUT2D eigenvalue weighted by Gasteiger charge is -2.36. The van der Waals surface area contributed by atoms with E-state index in [0.29, 0.717) is 38.3 Å². The fourth-order valence-corrected chi connectivity index (χ4v) is 3.80. The molecule has 1 aliphatic heterocycles. The molecule has 7 nitrogen and oxygen atoms in total. The zero-order valence-corrected chi connectivity index (χ0v) is 18.0. The van der Waals surface area contributed by atoms with Gasteiger partial charge in [-0.15, -0.1) is 0 Å². The SMILES string of the molecule is CCCc1nn(CC(=O)N2CCN(c3ccc(F)cc3)CC2)c(C(=O)OCC)c1Cl. The number of aromatic nitrogens is 2. The van der Waals surface area contributed by atoms with E-state index in [0.717, 1.165) is 12.1 Å². The number of halogens is 2. The minimum Gasteiger partial charge on any atom is -0.461 e. The molecule has 162 valence electrons. The molecule has 30 heavy (non-hydrogen) atoms. The number of carbonyl (C=O) groups is 2. The number of benzene rings is 1. The molecule has 0 aliphatic carbocycles. The number of nitrogens with zero attached hydrogens (tertiary/aromatic N) is 4. The van der Waals surface area contributed by atoms with E-state index in [1.807, 2.05) is 6.92 Å². The van der Waals surface area contributed by atoms with E-state index in [9.17, 15) is 14.0 Å². The number of aryl methyl sites for hydroxylation is 1. The summed E-state index contributed by atoms with van der Waals surface area (Å²) in [7, 11) is 0. The molecule has 0 bridgehead atoms. The van der Waals surface area contributed by atoms with Gasteiger partial charge in [-0.1, -0.05) is 24.9 Å². The van der Waals surface area contributed by atoms with Gasteiger partial charge in [-0.2, -0.15) is 5.10 Å². The molecule has 9 heteroatoms. The smallest absolute Gasteiger partial charge is 0.358 e. The number of carbonyl (C=O) groups excluding carboxylic acids is 2. The van der Waals surface area contributed by atoms with Crippen molar-refractivity contribution < 1.29 is 18.7 Å². The highest BCUT2D eigenvalue weighted by Gasteiger charge is 2.27. The Bertz CT molecular complexity index is 892. The van der Waals surface area contributed by atoms with Crippen LogP contribution in [0.3, 0.4) is 0 Å². The average molecular weight is 437 g/mol. The average Bonchev–Trinajstić information content (AvgIpc) is 3.04. The van der Waals surface area contributed by atoms with Gasteiger partial charge in [0.15, 0.2) is 5.69 Å². The molecule has 2 aromatic rings. The fourth-order valence-electron chi connectivity index (χ4n) is 3.49. The molecular weight excluding hydrogens is 411 g/mol. The standard InChI is InChI=1S/C21H26ClFN4O3/c1-3-5-17-19(22)20(21(29)30-4-2)27(24-17)14-18(28)26-12-10-25(11-13-26)16-8-6-15(23)7-9-16/h6-9H,3-5,10-14H2,1-2H3. The van der Waals surface area contributed by atoms with Crippen LogP contribution in [0.15, 0.2) is 24.3 Å². The summed E-state index contributed by atoms with van der Waals surface area (Å²) in [6.07, 6.45) is 1.43. The summed E-state index contributed by atoms with van der Waals surface area (Å²) in [5, 5.41) is 4.65. The van der Waals surface area contributed by atoms with Crippen LogP contribution in [-0.2, 0) is 22.5 Å². The van der Waals surface area contributed by atoms with Crippen LogP contribution >= 0.6 is 11.6 Å². The summed E-state index contributed by atoms with van der Waals surface area (Å²) < 4.78 is 19.6. The second-order valence-corrected chi connectivity index (χ2v) is 7.46. The van der Waals surface area contributed by atoms with Gasteiger partial charge in [-0.3, -0.25) is 4.79 Å². The van der Waals surface area contributed by atoms with Crippen LogP contribution in [-0.4, -0.2) is 59.3 Å². The first kappa shape index (κ1) is 22.1. The Morgan fingerprint density at radius 1 is 1.13 bits per heavy atom. The molecule has 0 unspecified atom stereocenters. The Balaban J connectivity index is 1.68. The first-order valence-electron chi connectivity index (χ1n) is 10.1. The Morgan fingerprint density at radius 2 is 1.80 bits per heavy atom. The summed E-state index contributed by atoms with van der Waals surface area (Å²) in [4.78, 5) is 29.1. The number of amides is 1. The summed E-state index contributed by atoms with van der Waals surface area (Å²) in [6, 6.07) is 6.33. The van der Waals surface area contributed by atoms with Crippen LogP contribution in [0, 0.1) is 5.82 Å². The molecule has 1 amide bonds. The summed E-state index contributed by atoms with van der Waals surface area (Å²) in [5.74, 6) is -0.988. The van der Waals surface area contributed by atoms with Gasteiger partial charge in [0.1, 0.15) is 12.4 Å². The minimum absolute atomic E-state index is 0.0753. The second-order valence-electron chi connectivity index (χ2n) is 7.08. The fraction of sp³-hybridized carbons (Fsp3) is 0.476. The van der Waals surface area contributed by atoms with Gasteiger partial charge in [0, 0.05) is 31.9 Å². The van der Waals surface area contributed by atoms with E-state index in [2.05, 4.69) is 10.00 Å². The summed E-state index contributed by atoms with van der Waals surface area (Å²) in [6.45, 7) is 6.18. The molecule has 0 saturated carbocycles. The molecular formula is C21H26ClFN4O3. The maximum atomic E-state index is 13.1. The summed E-state index contributed by atoms with van der Waals surface area (Å²) in [5.41, 5.74) is 1.65. The third-order valence-electron chi connectivity index (χ3n) is 5.03. The Kier molecular flexibility index (Phi) is 7.31. The van der Waals surface area contributed by atoms with Crippen LogP contribution in [0.5, 0.6) is 0 Å². The van der Waals surface area contributed by atoms with Crippen LogP contribution in [0.25, 0.3) is 0 Å². The second kappa shape index (κ2) is 9.93. The Hall–Kier alpha value is -2.61. The Labute approximate surface area is 180 Å². The third kappa shape index (κ3) is 4.92. The third-order valence-corrected chi connectivity index (χ3v) is 5.42. The van der Waals surface area contributed by atoms with Gasteiger partial charge < -0.3 is 14.5 Å². The molecule has 1 saturated heterocycles. The highest BCUT2D eigenvalue weighted by Crippen LogP contribution is 2.24. The normalized spacial score (nSPS) is 14.1. The minimum atomic E-state index is -0.578. The zero-order valence-electron chi connectivity index (χ0n) is 17.2. The highest BCUT2D eigenvalue weighted by molar-refractivity contribution is 6.34. The van der Waals surface area contributed by atoms with Crippen LogP contribution in [0.4, 0.5) is 10.1 Å². The lowest BCUT2D eigenvalue weighted by molar-refractivity contribution is -0.132. The number of ether oxygens (including phenoxy) is 1. The molecule has 0 radical (unpaired) electrons. The molecule has 0 spiro atoms. The van der Waals surface area contributed by atoms with Gasteiger partial charge in [0.05, 0.1) is 17.3 Å². The molecule has 1 fully saturated rings. The molecule has 1 aliphatic rings. The number of rotatable bonds is 7. The Morgan fingerprint density at radius 3 is 2.40 bits per heavy atom. The molecule has 1 aromatic heterocycles. The van der Waals surface area contributed by atoms with Gasteiger partial charge in [0.2, 0.25) is 5.91 Å². The number of piperazine rings is 1. The molecule has 0 atom stereocenters. The largest absolute Gasteiger partial charge is 0.461 e. The van der Waals surface area contributed by atoms with E-state index >= 15 is 0 Å². The van der Waals surface area contributed by atoms with Crippen molar-refractivity contribution in [3.8, 4) is 0 Å². The number of hydrogen-bond donors (Lipinski definition) is 0. The quantitative estimate of drug-likeness (QED) is 0.624. The zero-order chi connectivity index (χ0) is 21.7. The maximum Gasteiger partial charge on any atom is 0.358 e. The highest BCUT2D eigenvalue weighted by atomic mass is 35.5. The maximum absolute atomic E-state index is 13.1.